The third kappa shape index (κ3) is 53.7. The van der Waals surface area contributed by atoms with Gasteiger partial charge in [-0.15, -0.1) is 0 Å². The van der Waals surface area contributed by atoms with Crippen molar-refractivity contribution in [2.75, 3.05) is 13.2 Å². The molecule has 3 N–H and O–H groups in total. The fourth-order valence-corrected chi connectivity index (χ4v) is 9.50. The number of carbonyl (C=O) groups excluding carboxylic acids is 2. The molecule has 6 heteroatoms. The van der Waals surface area contributed by atoms with Gasteiger partial charge in [-0.05, 0) is 70.6 Å². The van der Waals surface area contributed by atoms with Crippen molar-refractivity contribution in [2.45, 2.75) is 347 Å². The molecule has 68 heavy (non-hydrogen) atoms. The third-order valence-corrected chi connectivity index (χ3v) is 14.2. The predicted molar refractivity (Wildman–Crippen MR) is 296 cm³/mol. The van der Waals surface area contributed by atoms with Crippen LogP contribution in [0.5, 0.6) is 0 Å². The van der Waals surface area contributed by atoms with E-state index in [0.717, 1.165) is 44.9 Å². The molecule has 1 amide bonds. The number of amides is 1. The van der Waals surface area contributed by atoms with Gasteiger partial charge in [0, 0.05) is 12.8 Å². The van der Waals surface area contributed by atoms with Gasteiger partial charge in [-0.2, -0.15) is 0 Å². The van der Waals surface area contributed by atoms with Gasteiger partial charge < -0.3 is 20.3 Å². The Morgan fingerprint density at radius 3 is 1.09 bits per heavy atom. The van der Waals surface area contributed by atoms with Crippen molar-refractivity contribution < 1.29 is 24.5 Å². The molecular formula is C62H119NO5. The molecule has 0 saturated heterocycles. The van der Waals surface area contributed by atoms with Gasteiger partial charge in [-0.1, -0.05) is 276 Å². The molecule has 0 rings (SSSR count). The van der Waals surface area contributed by atoms with Crippen LogP contribution in [-0.4, -0.2) is 47.4 Å². The molecule has 2 unspecified atom stereocenters. The first-order valence-corrected chi connectivity index (χ1v) is 30.6. The number of carbonyl (C=O) groups is 2. The normalized spacial score (nSPS) is 12.7. The molecule has 0 saturated carbocycles. The highest BCUT2D eigenvalue weighted by molar-refractivity contribution is 5.76. The van der Waals surface area contributed by atoms with E-state index in [1.165, 1.54) is 257 Å². The summed E-state index contributed by atoms with van der Waals surface area (Å²) in [4.78, 5) is 24.4. The van der Waals surface area contributed by atoms with Gasteiger partial charge in [0.25, 0.3) is 0 Å². The summed E-state index contributed by atoms with van der Waals surface area (Å²) in [5.41, 5.74) is 0. The topological polar surface area (TPSA) is 95.9 Å². The first-order valence-electron chi connectivity index (χ1n) is 30.6. The van der Waals surface area contributed by atoms with Crippen molar-refractivity contribution in [3.8, 4) is 0 Å². The number of hydrogen-bond acceptors (Lipinski definition) is 5. The minimum absolute atomic E-state index is 0.00538. The number of hydrogen-bond donors (Lipinski definition) is 3. The van der Waals surface area contributed by atoms with Gasteiger partial charge in [-0.3, -0.25) is 9.59 Å². The maximum absolute atomic E-state index is 12.4. The van der Waals surface area contributed by atoms with Crippen LogP contribution in [0.3, 0.4) is 0 Å². The van der Waals surface area contributed by atoms with E-state index >= 15 is 0 Å². The van der Waals surface area contributed by atoms with Crippen molar-refractivity contribution in [2.24, 2.45) is 0 Å². The summed E-state index contributed by atoms with van der Waals surface area (Å²) in [6, 6.07) is -0.539. The van der Waals surface area contributed by atoms with Gasteiger partial charge in [-0.25, -0.2) is 0 Å². The van der Waals surface area contributed by atoms with Gasteiger partial charge in [0.15, 0.2) is 0 Å². The van der Waals surface area contributed by atoms with E-state index in [4.69, 9.17) is 4.74 Å². The smallest absolute Gasteiger partial charge is 0.305 e. The number of nitrogens with one attached hydrogen (secondary N) is 1. The number of aliphatic hydroxyl groups is 2. The molecule has 0 aliphatic heterocycles. The zero-order valence-corrected chi connectivity index (χ0v) is 45.9. The van der Waals surface area contributed by atoms with Crippen LogP contribution in [0.4, 0.5) is 0 Å². The van der Waals surface area contributed by atoms with E-state index in [0.29, 0.717) is 25.9 Å². The van der Waals surface area contributed by atoms with Crippen molar-refractivity contribution >= 4 is 11.9 Å². The van der Waals surface area contributed by atoms with Crippen molar-refractivity contribution in [1.29, 1.82) is 0 Å². The molecular weight excluding hydrogens is 839 g/mol. The molecule has 0 aromatic heterocycles. The zero-order valence-electron chi connectivity index (χ0n) is 45.9. The Bertz CT molecular complexity index is 1060. The Morgan fingerprint density at radius 2 is 0.706 bits per heavy atom. The first kappa shape index (κ1) is 66.3. The Balaban J connectivity index is 3.35. The van der Waals surface area contributed by atoms with Crippen LogP contribution in [0.25, 0.3) is 0 Å². The largest absolute Gasteiger partial charge is 0.466 e. The molecule has 0 heterocycles. The molecule has 0 fully saturated rings. The number of esters is 1. The summed E-state index contributed by atoms with van der Waals surface area (Å²) in [5, 5.41) is 23.2. The van der Waals surface area contributed by atoms with E-state index in [-0.39, 0.29) is 18.5 Å². The van der Waals surface area contributed by atoms with E-state index in [1.54, 1.807) is 0 Å². The maximum atomic E-state index is 12.4. The monoisotopic (exact) mass is 958 g/mol. The summed E-state index contributed by atoms with van der Waals surface area (Å²) in [5.74, 6) is -0.0288. The third-order valence-electron chi connectivity index (χ3n) is 14.2. The Kier molecular flexibility index (Phi) is 56.5. The van der Waals surface area contributed by atoms with Crippen LogP contribution in [0.1, 0.15) is 335 Å². The molecule has 0 radical (unpaired) electrons. The predicted octanol–water partition coefficient (Wildman–Crippen LogP) is 19.0. The maximum Gasteiger partial charge on any atom is 0.305 e. The van der Waals surface area contributed by atoms with Gasteiger partial charge in [0.05, 0.1) is 25.4 Å². The number of unbranched alkanes of at least 4 members (excludes halogenated alkanes) is 42. The molecule has 402 valence electrons. The van der Waals surface area contributed by atoms with E-state index in [2.05, 4.69) is 43.5 Å². The summed E-state index contributed by atoms with van der Waals surface area (Å²) < 4.78 is 5.46. The van der Waals surface area contributed by atoms with Crippen molar-refractivity contribution in [3.05, 3.63) is 24.3 Å². The van der Waals surface area contributed by atoms with Crippen LogP contribution in [0.15, 0.2) is 24.3 Å². The van der Waals surface area contributed by atoms with Crippen LogP contribution in [0.2, 0.25) is 0 Å². The van der Waals surface area contributed by atoms with Crippen LogP contribution in [0, 0.1) is 0 Å². The van der Waals surface area contributed by atoms with Crippen LogP contribution < -0.4 is 5.32 Å². The lowest BCUT2D eigenvalue weighted by molar-refractivity contribution is -0.143. The minimum Gasteiger partial charge on any atom is -0.466 e. The lowest BCUT2D eigenvalue weighted by Crippen LogP contribution is -2.45. The quantitative estimate of drug-likeness (QED) is 0.0321. The zero-order chi connectivity index (χ0) is 49.3. The number of rotatable bonds is 57. The molecule has 0 aliphatic rings. The Hall–Kier alpha value is -1.66. The standard InChI is InChI=1S/C62H119NO5/c1-3-5-7-9-11-13-34-38-42-46-50-54-60(65)59(58-64)63-61(66)55-51-47-43-39-36-32-30-28-26-24-22-20-18-16-15-17-19-21-23-25-27-29-31-33-37-41-45-49-53-57-68-62(67)56-52-48-44-40-35-14-12-10-8-6-4-2/h10,12,15,17,59-60,64-65H,3-9,11,13-14,16,18-58H2,1-2H3,(H,63,66)/b12-10-,17-15-. The highest BCUT2D eigenvalue weighted by Crippen LogP contribution is 2.17. The Morgan fingerprint density at radius 1 is 0.397 bits per heavy atom. The molecule has 0 spiro atoms. The van der Waals surface area contributed by atoms with Crippen molar-refractivity contribution in [1.82, 2.24) is 5.32 Å². The van der Waals surface area contributed by atoms with Gasteiger partial charge in [0.2, 0.25) is 5.91 Å². The average molecular weight is 959 g/mol. The van der Waals surface area contributed by atoms with Gasteiger partial charge >= 0.3 is 5.97 Å². The van der Waals surface area contributed by atoms with Crippen molar-refractivity contribution in [3.63, 3.8) is 0 Å². The number of allylic oxidation sites excluding steroid dienone is 4. The summed E-state index contributed by atoms with van der Waals surface area (Å²) in [6.45, 7) is 4.92. The molecule has 0 aliphatic carbocycles. The van der Waals surface area contributed by atoms with E-state index in [9.17, 15) is 19.8 Å². The second-order valence-corrected chi connectivity index (χ2v) is 21.0. The molecule has 6 nitrogen and oxygen atoms in total. The lowest BCUT2D eigenvalue weighted by Gasteiger charge is -2.22. The SMILES string of the molecule is CCCC/C=C\CCCCCCCC(=O)OCCCCCCCCCCCCCC/C=C\CCCCCCCCCCCCCCCC(=O)NC(CO)C(O)CCCCCCCCCCCCC. The molecule has 0 aromatic rings. The number of ether oxygens (including phenoxy) is 1. The summed E-state index contributed by atoms with van der Waals surface area (Å²) >= 11 is 0. The molecule has 0 bridgehead atoms. The summed E-state index contributed by atoms with van der Waals surface area (Å²) in [6.07, 6.45) is 70.6. The van der Waals surface area contributed by atoms with Crippen LogP contribution >= 0.6 is 0 Å². The number of aliphatic hydroxyl groups excluding tert-OH is 2. The first-order chi connectivity index (χ1) is 33.5. The second kappa shape index (κ2) is 57.9. The molecule has 0 aromatic carbocycles. The van der Waals surface area contributed by atoms with Crippen LogP contribution in [-0.2, 0) is 14.3 Å². The van der Waals surface area contributed by atoms with E-state index < -0.39 is 12.1 Å². The minimum atomic E-state index is -0.661. The molecule has 2 atom stereocenters. The second-order valence-electron chi connectivity index (χ2n) is 21.0. The van der Waals surface area contributed by atoms with Gasteiger partial charge in [0.1, 0.15) is 0 Å². The lowest BCUT2D eigenvalue weighted by atomic mass is 10.0. The van der Waals surface area contributed by atoms with E-state index in [1.807, 2.05) is 0 Å². The highest BCUT2D eigenvalue weighted by atomic mass is 16.5. The average Bonchev–Trinajstić information content (AvgIpc) is 3.34. The fourth-order valence-electron chi connectivity index (χ4n) is 9.50. The fraction of sp³-hybridized carbons (Fsp3) is 0.903. The highest BCUT2D eigenvalue weighted by Gasteiger charge is 2.20. The summed E-state index contributed by atoms with van der Waals surface area (Å²) in [7, 11) is 0. The Labute approximate surface area is 424 Å².